The van der Waals surface area contributed by atoms with Gasteiger partial charge in [-0.25, -0.2) is 0 Å². The summed E-state index contributed by atoms with van der Waals surface area (Å²) in [6.45, 7) is 2.32. The Balaban J connectivity index is 1.51. The van der Waals surface area contributed by atoms with Gasteiger partial charge in [-0.2, -0.15) is 0 Å². The number of anilines is 1. The van der Waals surface area contributed by atoms with Gasteiger partial charge in [-0.1, -0.05) is 97.9 Å². The molecule has 0 aromatic heterocycles. The van der Waals surface area contributed by atoms with Crippen molar-refractivity contribution < 1.29 is 0 Å². The molecule has 2 unspecified atom stereocenters. The molecule has 1 nitrogen and oxygen atoms in total. The van der Waals surface area contributed by atoms with Gasteiger partial charge < -0.3 is 5.32 Å². The van der Waals surface area contributed by atoms with Crippen molar-refractivity contribution in [3.63, 3.8) is 0 Å². The molecular weight excluding hydrogens is 338 g/mol. The summed E-state index contributed by atoms with van der Waals surface area (Å²) < 4.78 is 0. The first-order valence-corrected chi connectivity index (χ1v) is 9.92. The molecule has 1 aliphatic rings. The molecular formula is C27H23N. The first-order valence-electron chi connectivity index (χ1n) is 9.92. The molecule has 1 N–H and O–H groups in total. The minimum Gasteiger partial charge on any atom is -0.358 e. The van der Waals surface area contributed by atoms with Crippen molar-refractivity contribution in [1.29, 1.82) is 0 Å². The van der Waals surface area contributed by atoms with Gasteiger partial charge in [-0.05, 0) is 33.9 Å². The second kappa shape index (κ2) is 7.01. The first kappa shape index (κ1) is 16.8. The van der Waals surface area contributed by atoms with Gasteiger partial charge in [0, 0.05) is 28.6 Å². The van der Waals surface area contributed by atoms with Crippen LogP contribution in [-0.2, 0) is 0 Å². The number of hydrogen-bond acceptors (Lipinski definition) is 1. The fourth-order valence-corrected chi connectivity index (χ4v) is 4.35. The molecule has 0 amide bonds. The van der Waals surface area contributed by atoms with Crippen LogP contribution < -0.4 is 5.32 Å². The van der Waals surface area contributed by atoms with Gasteiger partial charge in [0.15, 0.2) is 0 Å². The van der Waals surface area contributed by atoms with Crippen LogP contribution in [0.5, 0.6) is 0 Å². The molecule has 4 aromatic carbocycles. The van der Waals surface area contributed by atoms with Crippen molar-refractivity contribution >= 4 is 27.2 Å². The Bertz CT molecular complexity index is 1200. The summed E-state index contributed by atoms with van der Waals surface area (Å²) in [4.78, 5) is 0. The zero-order valence-corrected chi connectivity index (χ0v) is 16.0. The van der Waals surface area contributed by atoms with Crippen LogP contribution >= 0.6 is 0 Å². The largest absolute Gasteiger partial charge is 0.358 e. The molecule has 0 saturated carbocycles. The quantitative estimate of drug-likeness (QED) is 0.404. The van der Waals surface area contributed by atoms with Crippen LogP contribution in [0.25, 0.3) is 21.5 Å². The van der Waals surface area contributed by atoms with Crippen LogP contribution in [0, 0.1) is 5.92 Å². The summed E-state index contributed by atoms with van der Waals surface area (Å²) in [5.41, 5.74) is 3.83. The molecule has 1 aliphatic carbocycles. The van der Waals surface area contributed by atoms with Crippen LogP contribution in [0.3, 0.4) is 0 Å². The minimum absolute atomic E-state index is 0.355. The second-order valence-electron chi connectivity index (χ2n) is 7.54. The van der Waals surface area contributed by atoms with E-state index in [1.807, 2.05) is 0 Å². The van der Waals surface area contributed by atoms with E-state index >= 15 is 0 Å². The zero-order chi connectivity index (χ0) is 18.9. The Kier molecular flexibility index (Phi) is 4.21. The lowest BCUT2D eigenvalue weighted by molar-refractivity contribution is 0.605. The standard InChI is InChI=1S/C27H23N/c1-19-22(25-16-6-11-20-9-2-4-13-23(20)25)15-8-17-26(19)28-27-18-7-12-21-10-3-5-14-24(21)27/h2-19,22,28H,1H3. The van der Waals surface area contributed by atoms with Crippen molar-refractivity contribution in [2.45, 2.75) is 12.8 Å². The van der Waals surface area contributed by atoms with Crippen molar-refractivity contribution in [1.82, 2.24) is 0 Å². The maximum absolute atomic E-state index is 3.73. The average Bonchev–Trinajstić information content (AvgIpc) is 2.75. The Morgan fingerprint density at radius 2 is 1.32 bits per heavy atom. The number of benzene rings is 4. The Hall–Kier alpha value is -3.32. The van der Waals surface area contributed by atoms with Crippen LogP contribution in [0.1, 0.15) is 18.4 Å². The van der Waals surface area contributed by atoms with Crippen molar-refractivity contribution in [2.75, 3.05) is 5.32 Å². The van der Waals surface area contributed by atoms with Gasteiger partial charge >= 0.3 is 0 Å². The molecule has 2 atom stereocenters. The zero-order valence-electron chi connectivity index (χ0n) is 16.0. The summed E-state index contributed by atoms with van der Waals surface area (Å²) >= 11 is 0. The summed E-state index contributed by atoms with van der Waals surface area (Å²) in [5, 5.41) is 8.90. The molecule has 136 valence electrons. The number of allylic oxidation sites excluding steroid dienone is 4. The van der Waals surface area contributed by atoms with E-state index in [2.05, 4.69) is 115 Å². The van der Waals surface area contributed by atoms with Gasteiger partial charge in [0.05, 0.1) is 0 Å². The molecule has 0 fully saturated rings. The molecule has 28 heavy (non-hydrogen) atoms. The van der Waals surface area contributed by atoms with E-state index in [9.17, 15) is 0 Å². The molecule has 4 aromatic rings. The summed E-state index contributed by atoms with van der Waals surface area (Å²) in [7, 11) is 0. The number of hydrogen-bond donors (Lipinski definition) is 1. The predicted octanol–water partition coefficient (Wildman–Crippen LogP) is 7.28. The van der Waals surface area contributed by atoms with Crippen molar-refractivity contribution in [2.24, 2.45) is 5.92 Å². The first-order chi connectivity index (χ1) is 13.8. The maximum atomic E-state index is 3.73. The highest BCUT2D eigenvalue weighted by atomic mass is 14.9. The molecule has 0 spiro atoms. The topological polar surface area (TPSA) is 12.0 Å². The highest BCUT2D eigenvalue weighted by Crippen LogP contribution is 2.38. The second-order valence-corrected chi connectivity index (χ2v) is 7.54. The summed E-state index contributed by atoms with van der Waals surface area (Å²) in [6, 6.07) is 30.3. The van der Waals surface area contributed by atoms with E-state index in [-0.39, 0.29) is 0 Å². The monoisotopic (exact) mass is 361 g/mol. The van der Waals surface area contributed by atoms with E-state index in [4.69, 9.17) is 0 Å². The summed E-state index contributed by atoms with van der Waals surface area (Å²) in [5.74, 6) is 0.725. The van der Waals surface area contributed by atoms with E-state index in [0.29, 0.717) is 11.8 Å². The lowest BCUT2D eigenvalue weighted by atomic mass is 9.80. The van der Waals surface area contributed by atoms with Gasteiger partial charge in [-0.3, -0.25) is 0 Å². The molecule has 0 aliphatic heterocycles. The molecule has 0 bridgehead atoms. The minimum atomic E-state index is 0.355. The van der Waals surface area contributed by atoms with E-state index < -0.39 is 0 Å². The molecule has 0 saturated heterocycles. The smallest absolute Gasteiger partial charge is 0.0461 e. The Morgan fingerprint density at radius 1 is 0.679 bits per heavy atom. The van der Waals surface area contributed by atoms with E-state index in [1.165, 1.54) is 38.5 Å². The van der Waals surface area contributed by atoms with Crippen LogP contribution in [0.15, 0.2) is 109 Å². The third-order valence-electron chi connectivity index (χ3n) is 5.87. The van der Waals surface area contributed by atoms with Gasteiger partial charge in [0.1, 0.15) is 0 Å². The van der Waals surface area contributed by atoms with Crippen LogP contribution in [0.2, 0.25) is 0 Å². The molecule has 0 radical (unpaired) electrons. The van der Waals surface area contributed by atoms with Gasteiger partial charge in [0.25, 0.3) is 0 Å². The Labute approximate surface area is 166 Å². The highest BCUT2D eigenvalue weighted by Gasteiger charge is 2.24. The normalized spacial score (nSPS) is 19.0. The number of rotatable bonds is 3. The fraction of sp³-hybridized carbons (Fsp3) is 0.111. The fourth-order valence-electron chi connectivity index (χ4n) is 4.35. The third-order valence-corrected chi connectivity index (χ3v) is 5.87. The molecule has 5 rings (SSSR count). The lowest BCUT2D eigenvalue weighted by Crippen LogP contribution is -2.18. The van der Waals surface area contributed by atoms with Crippen LogP contribution in [0.4, 0.5) is 5.69 Å². The van der Waals surface area contributed by atoms with Crippen molar-refractivity contribution in [3.05, 3.63) is 114 Å². The number of nitrogens with one attached hydrogen (secondary N) is 1. The summed E-state index contributed by atoms with van der Waals surface area (Å²) in [6.07, 6.45) is 6.74. The molecule has 1 heteroatoms. The Morgan fingerprint density at radius 3 is 2.14 bits per heavy atom. The average molecular weight is 361 g/mol. The van der Waals surface area contributed by atoms with Gasteiger partial charge in [-0.15, -0.1) is 0 Å². The van der Waals surface area contributed by atoms with E-state index in [1.54, 1.807) is 0 Å². The lowest BCUT2D eigenvalue weighted by Gasteiger charge is -2.29. The van der Waals surface area contributed by atoms with E-state index in [0.717, 1.165) is 0 Å². The van der Waals surface area contributed by atoms with Crippen LogP contribution in [-0.4, -0.2) is 0 Å². The van der Waals surface area contributed by atoms with Crippen molar-refractivity contribution in [3.8, 4) is 0 Å². The molecule has 0 heterocycles. The SMILES string of the molecule is CC1C(Nc2cccc3ccccc23)=CC=CC1c1cccc2ccccc12. The third kappa shape index (κ3) is 2.90. The maximum Gasteiger partial charge on any atom is 0.0461 e. The highest BCUT2D eigenvalue weighted by molar-refractivity contribution is 5.94. The number of fused-ring (bicyclic) bond motifs is 2. The van der Waals surface area contributed by atoms with Gasteiger partial charge in [0.2, 0.25) is 0 Å². The predicted molar refractivity (Wildman–Crippen MR) is 121 cm³/mol.